The Hall–Kier alpha value is -1.31. The van der Waals surface area contributed by atoms with E-state index in [-0.39, 0.29) is 11.8 Å². The van der Waals surface area contributed by atoms with E-state index in [2.05, 4.69) is 32.7 Å². The number of carbonyl (C=O) groups is 2. The van der Waals surface area contributed by atoms with Gasteiger partial charge in [-0.2, -0.15) is 11.8 Å². The number of hydrogen-bond donors (Lipinski definition) is 1. The first-order chi connectivity index (χ1) is 12.6. The van der Waals surface area contributed by atoms with Crippen LogP contribution in [0.3, 0.4) is 0 Å². The molecule has 0 fully saturated rings. The van der Waals surface area contributed by atoms with Gasteiger partial charge in [-0.3, -0.25) is 9.59 Å². The highest BCUT2D eigenvalue weighted by Crippen LogP contribution is 2.25. The van der Waals surface area contributed by atoms with Crippen molar-refractivity contribution in [3.8, 4) is 0 Å². The van der Waals surface area contributed by atoms with Gasteiger partial charge in [0.2, 0.25) is 5.91 Å². The van der Waals surface area contributed by atoms with Crippen LogP contribution in [0.5, 0.6) is 0 Å². The summed E-state index contributed by atoms with van der Waals surface area (Å²) in [5, 5.41) is 5.03. The Kier molecular flexibility index (Phi) is 6.78. The number of amides is 2. The number of carbonyl (C=O) groups excluding carboxylic acids is 2. The van der Waals surface area contributed by atoms with Gasteiger partial charge in [0, 0.05) is 22.4 Å². The maximum Gasteiger partial charge on any atom is 0.253 e. The van der Waals surface area contributed by atoms with Gasteiger partial charge in [0.15, 0.2) is 0 Å². The number of rotatable bonds is 6. The summed E-state index contributed by atoms with van der Waals surface area (Å²) in [5.41, 5.74) is 1.78. The molecule has 1 aliphatic rings. The number of hydrogen-bond acceptors (Lipinski definition) is 4. The molecule has 2 amide bonds. The monoisotopic (exact) mass is 452 g/mol. The smallest absolute Gasteiger partial charge is 0.253 e. The number of nitrogens with one attached hydrogen (secondary N) is 1. The molecule has 7 heteroatoms. The molecule has 0 bridgehead atoms. The molecule has 0 saturated heterocycles. The van der Waals surface area contributed by atoms with Gasteiger partial charge in [0.05, 0.1) is 5.56 Å². The first-order valence-corrected chi connectivity index (χ1v) is 11.5. The third-order valence-corrected chi connectivity index (χ3v) is 6.81. The van der Waals surface area contributed by atoms with Gasteiger partial charge in [-0.05, 0) is 69.9 Å². The minimum atomic E-state index is -0.498. The maximum absolute atomic E-state index is 13.1. The summed E-state index contributed by atoms with van der Waals surface area (Å²) >= 11 is 6.84. The maximum atomic E-state index is 13.1. The normalized spacial score (nSPS) is 14.6. The molecule has 4 nitrogen and oxygen atoms in total. The van der Waals surface area contributed by atoms with Gasteiger partial charge in [0.1, 0.15) is 6.04 Å². The molecule has 1 aromatic heterocycles. The van der Waals surface area contributed by atoms with Crippen LogP contribution in [0.25, 0.3) is 0 Å². The summed E-state index contributed by atoms with van der Waals surface area (Å²) < 4.78 is 0.731. The van der Waals surface area contributed by atoms with E-state index >= 15 is 0 Å². The number of fused-ring (bicyclic) bond motifs is 1. The highest BCUT2D eigenvalue weighted by Gasteiger charge is 2.29. The van der Waals surface area contributed by atoms with Crippen LogP contribution < -0.4 is 5.32 Å². The number of benzene rings is 1. The van der Waals surface area contributed by atoms with E-state index in [0.29, 0.717) is 25.1 Å². The second-order valence-corrected chi connectivity index (χ2v) is 9.01. The fraction of sp³-hybridized carbons (Fsp3) is 0.368. The Labute approximate surface area is 170 Å². The topological polar surface area (TPSA) is 49.4 Å². The average molecular weight is 453 g/mol. The molecule has 2 heterocycles. The third kappa shape index (κ3) is 4.50. The zero-order chi connectivity index (χ0) is 18.5. The number of thioether (sulfide) groups is 1. The molecule has 1 aliphatic heterocycles. The highest BCUT2D eigenvalue weighted by atomic mass is 79.9. The van der Waals surface area contributed by atoms with E-state index in [4.69, 9.17) is 0 Å². The zero-order valence-corrected chi connectivity index (χ0v) is 17.8. The average Bonchev–Trinajstić information content (AvgIpc) is 3.12. The van der Waals surface area contributed by atoms with Crippen LogP contribution in [0, 0.1) is 0 Å². The first kappa shape index (κ1) is 19.5. The van der Waals surface area contributed by atoms with Crippen LogP contribution in [0.2, 0.25) is 0 Å². The molecule has 0 saturated carbocycles. The number of thiophene rings is 1. The lowest BCUT2D eigenvalue weighted by molar-refractivity contribution is -0.134. The predicted octanol–water partition coefficient (Wildman–Crippen LogP) is 3.95. The zero-order valence-electron chi connectivity index (χ0n) is 14.5. The molecule has 0 spiro atoms. The highest BCUT2D eigenvalue weighted by molar-refractivity contribution is 9.10. The van der Waals surface area contributed by atoms with Gasteiger partial charge >= 0.3 is 0 Å². The number of nitrogens with zero attached hydrogens (tertiary/aromatic N) is 1. The summed E-state index contributed by atoms with van der Waals surface area (Å²) in [4.78, 5) is 29.0. The van der Waals surface area contributed by atoms with Gasteiger partial charge in [-0.25, -0.2) is 0 Å². The molecule has 0 aliphatic carbocycles. The van der Waals surface area contributed by atoms with Crippen molar-refractivity contribution in [2.24, 2.45) is 0 Å². The van der Waals surface area contributed by atoms with Crippen LogP contribution in [0.1, 0.15) is 27.2 Å². The Morgan fingerprint density at radius 3 is 2.92 bits per heavy atom. The quantitative estimate of drug-likeness (QED) is 0.721. The molecule has 1 N–H and O–H groups in total. The lowest BCUT2D eigenvalue weighted by Gasteiger charge is -2.31. The fourth-order valence-electron chi connectivity index (χ4n) is 3.03. The summed E-state index contributed by atoms with van der Waals surface area (Å²) in [6.45, 7) is 1.35. The molecular weight excluding hydrogens is 432 g/mol. The van der Waals surface area contributed by atoms with E-state index in [1.807, 2.05) is 29.4 Å². The van der Waals surface area contributed by atoms with Crippen molar-refractivity contribution < 1.29 is 9.59 Å². The van der Waals surface area contributed by atoms with E-state index in [1.54, 1.807) is 29.2 Å². The van der Waals surface area contributed by atoms with Crippen molar-refractivity contribution in [1.82, 2.24) is 10.2 Å². The van der Waals surface area contributed by atoms with E-state index < -0.39 is 6.04 Å². The Morgan fingerprint density at radius 1 is 1.35 bits per heavy atom. The molecule has 138 valence electrons. The van der Waals surface area contributed by atoms with Crippen molar-refractivity contribution in [2.45, 2.75) is 25.4 Å². The lowest BCUT2D eigenvalue weighted by atomic mass is 10.1. The van der Waals surface area contributed by atoms with Crippen molar-refractivity contribution in [2.75, 3.05) is 18.6 Å². The van der Waals surface area contributed by atoms with Crippen LogP contribution in [-0.4, -0.2) is 41.3 Å². The molecule has 0 unspecified atom stereocenters. The van der Waals surface area contributed by atoms with Crippen LogP contribution in [0.4, 0.5) is 0 Å². The predicted molar refractivity (Wildman–Crippen MR) is 112 cm³/mol. The second kappa shape index (κ2) is 9.06. The van der Waals surface area contributed by atoms with Crippen molar-refractivity contribution in [3.63, 3.8) is 0 Å². The van der Waals surface area contributed by atoms with Crippen molar-refractivity contribution >= 4 is 50.8 Å². The van der Waals surface area contributed by atoms with Gasteiger partial charge in [-0.15, -0.1) is 11.3 Å². The Bertz CT molecular complexity index is 793. The van der Waals surface area contributed by atoms with E-state index in [0.717, 1.165) is 16.6 Å². The van der Waals surface area contributed by atoms with Gasteiger partial charge in [0.25, 0.3) is 5.91 Å². The van der Waals surface area contributed by atoms with Crippen LogP contribution in [0.15, 0.2) is 40.2 Å². The summed E-state index contributed by atoms with van der Waals surface area (Å²) in [5.74, 6) is 0.617. The largest absolute Gasteiger partial charge is 0.340 e. The summed E-state index contributed by atoms with van der Waals surface area (Å²) in [7, 11) is 0. The van der Waals surface area contributed by atoms with Crippen molar-refractivity contribution in [1.29, 1.82) is 0 Å². The molecule has 26 heavy (non-hydrogen) atoms. The molecule has 0 radical (unpaired) electrons. The first-order valence-electron chi connectivity index (χ1n) is 8.48. The van der Waals surface area contributed by atoms with Crippen molar-refractivity contribution in [3.05, 3.63) is 56.2 Å². The number of halogens is 1. The Morgan fingerprint density at radius 2 is 2.15 bits per heavy atom. The molecule has 3 rings (SSSR count). The lowest BCUT2D eigenvalue weighted by Crippen LogP contribution is -2.50. The summed E-state index contributed by atoms with van der Waals surface area (Å²) in [6.07, 6.45) is 3.53. The standard InChI is InChI=1S/C19H21BrN2O2S2/c1-25-10-8-16(21-18(23)14-4-2-3-5-15(14)20)19(24)22-9-6-17-13(12-22)7-11-26-17/h2-5,7,11,16H,6,8-10,12H2,1H3,(H,21,23)/t16-/m1/s1. The SMILES string of the molecule is CSCC[C@@H](NC(=O)c1ccccc1Br)C(=O)N1CCc2sccc2C1. The molecule has 2 aromatic rings. The minimum absolute atomic E-state index is 0.0105. The van der Waals surface area contributed by atoms with Gasteiger partial charge in [-0.1, -0.05) is 12.1 Å². The third-order valence-electron chi connectivity index (χ3n) is 4.45. The van der Waals surface area contributed by atoms with Crippen LogP contribution in [-0.2, 0) is 17.8 Å². The van der Waals surface area contributed by atoms with Gasteiger partial charge < -0.3 is 10.2 Å². The molecule has 1 atom stereocenters. The fourth-order valence-corrected chi connectivity index (χ4v) is 4.86. The minimum Gasteiger partial charge on any atom is -0.340 e. The van der Waals surface area contributed by atoms with E-state index in [1.165, 1.54) is 10.4 Å². The second-order valence-electron chi connectivity index (χ2n) is 6.17. The molecule has 1 aromatic carbocycles. The molecular formula is C19H21BrN2O2S2. The Balaban J connectivity index is 1.72. The summed E-state index contributed by atoms with van der Waals surface area (Å²) in [6, 6.07) is 8.87. The van der Waals surface area contributed by atoms with Crippen LogP contribution >= 0.6 is 39.0 Å². The van der Waals surface area contributed by atoms with E-state index in [9.17, 15) is 9.59 Å².